The van der Waals surface area contributed by atoms with Crippen LogP contribution in [0, 0.1) is 0 Å². The lowest BCUT2D eigenvalue weighted by molar-refractivity contribution is -0.144. The van der Waals surface area contributed by atoms with E-state index >= 15 is 0 Å². The van der Waals surface area contributed by atoms with Crippen LogP contribution in [0.25, 0.3) is 0 Å². The van der Waals surface area contributed by atoms with Crippen molar-refractivity contribution in [2.45, 2.75) is 0 Å². The number of rotatable bonds is 2. The molecular formula is CH3O6P. The molecule has 7 heteroatoms. The topological polar surface area (TPSA) is 104 Å². The molecule has 3 N–H and O–H groups in total. The van der Waals surface area contributed by atoms with E-state index in [2.05, 4.69) is 4.67 Å². The lowest BCUT2D eigenvalue weighted by Crippen LogP contribution is -1.95. The molecule has 0 aromatic carbocycles. The molecule has 48 valence electrons. The number of hydrogen-bond acceptors (Lipinski definition) is 4. The lowest BCUT2D eigenvalue weighted by Gasteiger charge is -1.96. The Kier molecular flexibility index (Phi) is 2.12. The molecule has 0 bridgehead atoms. The van der Waals surface area contributed by atoms with E-state index in [4.69, 9.17) is 15.3 Å². The highest BCUT2D eigenvalue weighted by atomic mass is 31.2. The summed E-state index contributed by atoms with van der Waals surface area (Å²) in [7, 11) is -4.77. The molecule has 0 spiro atoms. The number of hydrogen-bond donors (Lipinski definition) is 3. The maximum atomic E-state index is 9.77. The van der Waals surface area contributed by atoms with Crippen LogP contribution in [0.3, 0.4) is 0 Å². The summed E-state index contributed by atoms with van der Waals surface area (Å²) in [5.74, 6) is 0. The van der Waals surface area contributed by atoms with E-state index in [-0.39, 0.29) is 0 Å². The predicted octanol–water partition coefficient (Wildman–Crippen LogP) is 0.339. The van der Waals surface area contributed by atoms with Gasteiger partial charge in [-0.05, 0) is 0 Å². The van der Waals surface area contributed by atoms with Crippen LogP contribution in [0.5, 0.6) is 0 Å². The Morgan fingerprint density at radius 1 is 1.62 bits per heavy atom. The van der Waals surface area contributed by atoms with Crippen molar-refractivity contribution in [3.63, 3.8) is 0 Å². The van der Waals surface area contributed by atoms with Crippen LogP contribution in [-0.2, 0) is 9.24 Å². The third-order valence-electron chi connectivity index (χ3n) is 0.352. The summed E-state index contributed by atoms with van der Waals surface area (Å²) < 4.78 is 12.5. The first-order chi connectivity index (χ1) is 3.50. The first-order valence-corrected chi connectivity index (χ1v) is 2.98. The molecule has 8 heavy (non-hydrogen) atoms. The molecule has 1 unspecified atom stereocenters. The van der Waals surface area contributed by atoms with Crippen LogP contribution in [0.1, 0.15) is 0 Å². The summed E-state index contributed by atoms with van der Waals surface area (Å²) in [6.07, 6.45) is 0. The van der Waals surface area contributed by atoms with Gasteiger partial charge < -0.3 is 10.00 Å². The van der Waals surface area contributed by atoms with Gasteiger partial charge >= 0.3 is 13.3 Å². The minimum atomic E-state index is -4.77. The van der Waals surface area contributed by atoms with E-state index in [0.29, 0.717) is 0 Å². The number of carboxylic acid groups (broad SMARTS) is 1. The van der Waals surface area contributed by atoms with Crippen LogP contribution in [0.4, 0.5) is 4.79 Å². The van der Waals surface area contributed by atoms with Crippen LogP contribution in [0.15, 0.2) is 0 Å². The largest absolute Gasteiger partial charge is 0.472 e. The van der Waals surface area contributed by atoms with Crippen molar-refractivity contribution >= 4 is 13.3 Å². The second-order valence-corrected chi connectivity index (χ2v) is 2.47. The Morgan fingerprint density at radius 3 is 2.00 bits per heavy atom. The molecule has 6 nitrogen and oxygen atoms in total. The standard InChI is InChI=1S/CH3O6P/c2-1(3)8(5,6)7-4/h4H,(H,2,3)(H,5,6). The van der Waals surface area contributed by atoms with Crippen molar-refractivity contribution in [2.24, 2.45) is 0 Å². The average Bonchev–Trinajstić information content (AvgIpc) is 1.67. The Labute approximate surface area is 43.8 Å². The third kappa shape index (κ3) is 1.59. The van der Waals surface area contributed by atoms with E-state index in [9.17, 15) is 9.36 Å². The minimum Gasteiger partial charge on any atom is -0.472 e. The Balaban J connectivity index is 4.15. The van der Waals surface area contributed by atoms with Crippen LogP contribution in [-0.4, -0.2) is 21.0 Å². The van der Waals surface area contributed by atoms with E-state index in [1.165, 1.54) is 0 Å². The molecule has 0 saturated heterocycles. The fraction of sp³-hybridized carbons (Fsp3) is 0. The zero-order chi connectivity index (χ0) is 6.78. The monoisotopic (exact) mass is 142 g/mol. The van der Waals surface area contributed by atoms with Crippen molar-refractivity contribution in [2.75, 3.05) is 0 Å². The molecule has 1 atom stereocenters. The van der Waals surface area contributed by atoms with Gasteiger partial charge in [0.15, 0.2) is 0 Å². The zero-order valence-corrected chi connectivity index (χ0v) is 4.41. The van der Waals surface area contributed by atoms with Crippen molar-refractivity contribution in [3.05, 3.63) is 0 Å². The Bertz CT molecular complexity index is 137. The summed E-state index contributed by atoms with van der Waals surface area (Å²) in [5.41, 5.74) is -2.08. The average molecular weight is 142 g/mol. The maximum Gasteiger partial charge on any atom is 0.462 e. The first-order valence-electron chi connectivity index (χ1n) is 1.40. The molecule has 0 heterocycles. The van der Waals surface area contributed by atoms with E-state index < -0.39 is 13.3 Å². The molecule has 0 aliphatic rings. The highest BCUT2D eigenvalue weighted by molar-refractivity contribution is 7.70. The fourth-order valence-corrected chi connectivity index (χ4v) is 0.105. The summed E-state index contributed by atoms with van der Waals surface area (Å²) in [4.78, 5) is 17.3. The fourth-order valence-electron chi connectivity index (χ4n) is 0.0349. The molecule has 0 aliphatic carbocycles. The summed E-state index contributed by atoms with van der Waals surface area (Å²) in [6.45, 7) is 0. The van der Waals surface area contributed by atoms with E-state index in [0.717, 1.165) is 0 Å². The van der Waals surface area contributed by atoms with Gasteiger partial charge in [0.05, 0.1) is 0 Å². The van der Waals surface area contributed by atoms with Crippen LogP contribution < -0.4 is 0 Å². The maximum absolute atomic E-state index is 9.77. The summed E-state index contributed by atoms with van der Waals surface area (Å²) in [6, 6.07) is 0. The molecule has 0 aromatic heterocycles. The van der Waals surface area contributed by atoms with Gasteiger partial charge in [-0.1, -0.05) is 0 Å². The van der Waals surface area contributed by atoms with Gasteiger partial charge in [0.2, 0.25) is 0 Å². The summed E-state index contributed by atoms with van der Waals surface area (Å²) in [5, 5.41) is 15.0. The van der Waals surface area contributed by atoms with Crippen LogP contribution in [0.2, 0.25) is 0 Å². The smallest absolute Gasteiger partial charge is 0.462 e. The minimum absolute atomic E-state index is 2.08. The molecule has 0 rings (SSSR count). The lowest BCUT2D eigenvalue weighted by atomic mass is 11.6. The first kappa shape index (κ1) is 7.58. The number of carbonyl (C=O) groups is 1. The van der Waals surface area contributed by atoms with Gasteiger partial charge in [-0.2, -0.15) is 0 Å². The Morgan fingerprint density at radius 2 is 2.00 bits per heavy atom. The molecule has 0 saturated carbocycles. The molecule has 0 radical (unpaired) electrons. The van der Waals surface area contributed by atoms with Crippen LogP contribution >= 0.6 is 7.60 Å². The predicted molar refractivity (Wildman–Crippen MR) is 21.6 cm³/mol. The highest BCUT2D eigenvalue weighted by Crippen LogP contribution is 2.40. The van der Waals surface area contributed by atoms with Gasteiger partial charge in [0, 0.05) is 0 Å². The van der Waals surface area contributed by atoms with Crippen molar-refractivity contribution in [1.82, 2.24) is 0 Å². The normalized spacial score (nSPS) is 17.2. The van der Waals surface area contributed by atoms with Gasteiger partial charge in [-0.3, -0.25) is 0 Å². The molecule has 0 aliphatic heterocycles. The van der Waals surface area contributed by atoms with E-state index in [1.54, 1.807) is 0 Å². The van der Waals surface area contributed by atoms with Gasteiger partial charge in [0.25, 0.3) is 0 Å². The van der Waals surface area contributed by atoms with Gasteiger partial charge in [-0.25, -0.2) is 14.6 Å². The quantitative estimate of drug-likeness (QED) is 0.291. The third-order valence-corrected chi connectivity index (χ3v) is 1.06. The second-order valence-electron chi connectivity index (χ2n) is 0.885. The second kappa shape index (κ2) is 2.23. The van der Waals surface area contributed by atoms with Crippen molar-refractivity contribution < 1.29 is 29.3 Å². The zero-order valence-electron chi connectivity index (χ0n) is 3.51. The van der Waals surface area contributed by atoms with Gasteiger partial charge in [0.1, 0.15) is 0 Å². The van der Waals surface area contributed by atoms with Crippen molar-refractivity contribution in [1.29, 1.82) is 0 Å². The Hall–Kier alpha value is -0.420. The summed E-state index contributed by atoms with van der Waals surface area (Å²) >= 11 is 0. The van der Waals surface area contributed by atoms with Gasteiger partial charge in [-0.15, -0.1) is 4.67 Å². The SMILES string of the molecule is O=C(O)P(=O)(O)OO. The molecule has 0 amide bonds. The highest BCUT2D eigenvalue weighted by Gasteiger charge is 2.30. The van der Waals surface area contributed by atoms with E-state index in [1.807, 2.05) is 0 Å². The molecule has 0 aromatic rings. The molecular weight excluding hydrogens is 139 g/mol. The molecule has 0 fully saturated rings. The van der Waals surface area contributed by atoms with Crippen molar-refractivity contribution in [3.8, 4) is 0 Å².